The lowest BCUT2D eigenvalue weighted by Crippen LogP contribution is -3.00. The summed E-state index contributed by atoms with van der Waals surface area (Å²) in [4.78, 5) is 26.5. The molecule has 0 radical (unpaired) electrons. The summed E-state index contributed by atoms with van der Waals surface area (Å²) < 4.78 is 47.6. The smallest absolute Gasteiger partial charge is 0.500 e. The number of hydrogen-bond acceptors (Lipinski definition) is 11. The average Bonchev–Trinajstić information content (AvgIpc) is 3.75. The quantitative estimate of drug-likeness (QED) is 0.0747. The van der Waals surface area contributed by atoms with Crippen LogP contribution in [0.2, 0.25) is 12.1 Å². The predicted octanol–water partition coefficient (Wildman–Crippen LogP) is -0.269. The molecular weight excluding hydrogens is 707 g/mol. The number of aryl methyl sites for hydroxylation is 3. The summed E-state index contributed by atoms with van der Waals surface area (Å²) >= 11 is 5.46. The van der Waals surface area contributed by atoms with Crippen molar-refractivity contribution >= 4 is 41.4 Å². The number of ether oxygens (including phenoxy) is 2. The van der Waals surface area contributed by atoms with E-state index in [1.807, 2.05) is 52.7 Å². The van der Waals surface area contributed by atoms with Crippen LogP contribution in [0.1, 0.15) is 25.7 Å². The number of alkyl halides is 1. The van der Waals surface area contributed by atoms with E-state index in [-0.39, 0.29) is 12.4 Å². The summed E-state index contributed by atoms with van der Waals surface area (Å²) in [6.07, 6.45) is 13.3. The van der Waals surface area contributed by atoms with Gasteiger partial charge in [-0.25, -0.2) is 23.7 Å². The molecule has 0 unspecified atom stereocenters. The van der Waals surface area contributed by atoms with Gasteiger partial charge in [0.2, 0.25) is 6.33 Å². The van der Waals surface area contributed by atoms with E-state index in [0.29, 0.717) is 63.5 Å². The summed E-state index contributed by atoms with van der Waals surface area (Å²) in [5.41, 5.74) is 0. The molecule has 48 heavy (non-hydrogen) atoms. The number of aromatic nitrogens is 4. The molecule has 0 saturated heterocycles. The van der Waals surface area contributed by atoms with Gasteiger partial charge in [0.15, 0.2) is 0 Å². The van der Waals surface area contributed by atoms with Crippen molar-refractivity contribution < 1.29 is 62.6 Å². The normalized spacial score (nSPS) is 10.9. The molecule has 2 aromatic rings. The number of alkyl carbamates (subject to hydrolysis) is 2. The van der Waals surface area contributed by atoms with E-state index in [2.05, 4.69) is 15.6 Å². The van der Waals surface area contributed by atoms with Crippen LogP contribution in [-0.4, -0.2) is 119 Å². The topological polar surface area (TPSA) is 159 Å². The number of imidazole rings is 2. The second-order valence-electron chi connectivity index (χ2n) is 9.86. The van der Waals surface area contributed by atoms with Crippen molar-refractivity contribution in [2.45, 2.75) is 44.3 Å². The first kappa shape index (κ1) is 47.8. The molecule has 0 aliphatic carbocycles. The first-order valence-electron chi connectivity index (χ1n) is 15.2. The Morgan fingerprint density at radius 1 is 0.792 bits per heavy atom. The Morgan fingerprint density at radius 2 is 1.27 bits per heavy atom. The van der Waals surface area contributed by atoms with Crippen LogP contribution >= 0.6 is 11.6 Å². The monoisotopic (exact) mass is 762 g/mol. The number of rotatable bonds is 21. The Kier molecular flexibility index (Phi) is 29.5. The summed E-state index contributed by atoms with van der Waals surface area (Å²) in [5, 5.41) is 5.35. The fraction of sp³-hybridized carbons (Fsp3) is 0.714. The molecule has 0 atom stereocenters. The highest BCUT2D eigenvalue weighted by Gasteiger charge is 2.37. The van der Waals surface area contributed by atoms with Gasteiger partial charge in [-0.15, -0.1) is 11.6 Å². The molecule has 0 aromatic carbocycles. The lowest BCUT2D eigenvalue weighted by Gasteiger charge is -2.24. The van der Waals surface area contributed by atoms with Crippen LogP contribution in [-0.2, 0) is 56.7 Å². The molecule has 2 rings (SSSR count). The van der Waals surface area contributed by atoms with E-state index in [1.54, 1.807) is 55.2 Å². The third kappa shape index (κ3) is 22.4. The van der Waals surface area contributed by atoms with Crippen molar-refractivity contribution in [2.24, 2.45) is 14.1 Å². The number of carbonyl (C=O) groups excluding carboxylic acids is 2. The molecule has 280 valence electrons. The van der Waals surface area contributed by atoms with Gasteiger partial charge in [-0.3, -0.25) is 0 Å². The van der Waals surface area contributed by atoms with Crippen molar-refractivity contribution in [1.29, 1.82) is 0 Å². The van der Waals surface area contributed by atoms with E-state index in [0.717, 1.165) is 13.0 Å². The Morgan fingerprint density at radius 3 is 1.60 bits per heavy atom. The Bertz CT molecular complexity index is 1040. The molecule has 16 nitrogen and oxygen atoms in total. The largest absolute Gasteiger partial charge is 1.00 e. The zero-order valence-corrected chi connectivity index (χ0v) is 33.1. The third-order valence-electron chi connectivity index (χ3n) is 6.49. The average molecular weight is 764 g/mol. The summed E-state index contributed by atoms with van der Waals surface area (Å²) in [6.45, 7) is 2.53. The Labute approximate surface area is 298 Å². The maximum Gasteiger partial charge on any atom is 0.500 e. The predicted molar refractivity (Wildman–Crippen MR) is 180 cm³/mol. The zero-order valence-electron chi connectivity index (χ0n) is 29.6. The highest BCUT2D eigenvalue weighted by atomic mass is 35.5. The Hall–Kier alpha value is -2.27. The van der Waals surface area contributed by atoms with Gasteiger partial charge in [0, 0.05) is 99.6 Å². The number of halogens is 2. The molecule has 0 fully saturated rings. The van der Waals surface area contributed by atoms with Crippen LogP contribution < -0.4 is 27.6 Å². The van der Waals surface area contributed by atoms with Gasteiger partial charge in [-0.1, -0.05) is 0 Å². The van der Waals surface area contributed by atoms with Gasteiger partial charge in [0.05, 0.1) is 33.1 Å². The maximum absolute atomic E-state index is 11.6. The van der Waals surface area contributed by atoms with Gasteiger partial charge in [-0.05, 0) is 19.3 Å². The minimum atomic E-state index is -2.55. The molecule has 0 spiro atoms. The molecule has 0 aliphatic heterocycles. The first-order chi connectivity index (χ1) is 22.6. The van der Waals surface area contributed by atoms with Gasteiger partial charge in [0.25, 0.3) is 0 Å². The number of hydrogen-bond donors (Lipinski definition) is 2. The fourth-order valence-electron chi connectivity index (χ4n) is 3.80. The molecule has 0 bridgehead atoms. The molecular formula is C28H56Cl2N6O10Si2. The van der Waals surface area contributed by atoms with Crippen molar-refractivity contribution in [1.82, 2.24) is 24.8 Å². The molecule has 2 N–H and O–H groups in total. The van der Waals surface area contributed by atoms with Gasteiger partial charge in [0.1, 0.15) is 12.4 Å². The van der Waals surface area contributed by atoms with Crippen LogP contribution in [0.5, 0.6) is 0 Å². The van der Waals surface area contributed by atoms with Crippen molar-refractivity contribution in [2.75, 3.05) is 74.8 Å². The van der Waals surface area contributed by atoms with Crippen molar-refractivity contribution in [3.05, 3.63) is 37.4 Å². The van der Waals surface area contributed by atoms with Crippen LogP contribution in [0.15, 0.2) is 37.4 Å². The van der Waals surface area contributed by atoms with E-state index in [4.69, 9.17) is 47.6 Å². The van der Waals surface area contributed by atoms with Crippen LogP contribution in [0.4, 0.5) is 9.59 Å². The van der Waals surface area contributed by atoms with Crippen LogP contribution in [0, 0.1) is 0 Å². The van der Waals surface area contributed by atoms with E-state index >= 15 is 0 Å². The first-order valence-corrected chi connectivity index (χ1v) is 19.6. The maximum atomic E-state index is 11.6. The van der Waals surface area contributed by atoms with E-state index in [1.165, 1.54) is 0 Å². The summed E-state index contributed by atoms with van der Waals surface area (Å²) in [6, 6.07) is 1.28. The second-order valence-corrected chi connectivity index (χ2v) is 16.4. The van der Waals surface area contributed by atoms with E-state index < -0.39 is 29.8 Å². The molecule has 2 aromatic heterocycles. The molecule has 2 heterocycles. The SMILES string of the molecule is CO[Si](CCCNC(=O)OCCCCl)(OC)OC.CO[Si](CCCNC(=O)OCCCn1cc[n+](C)c1)(OC)OC.Cn1ccnc1.[Cl-]. The van der Waals surface area contributed by atoms with Crippen molar-refractivity contribution in [3.63, 3.8) is 0 Å². The fourth-order valence-corrected chi connectivity index (χ4v) is 7.35. The zero-order chi connectivity index (χ0) is 35.4. The number of amides is 2. The minimum absolute atomic E-state index is 0. The lowest BCUT2D eigenvalue weighted by molar-refractivity contribution is -0.671. The molecule has 0 saturated carbocycles. The standard InChI is InChI=1S/C14H27N3O5Si.C10H22ClNO5Si.C4H6N2.ClH/c1-16-9-10-17(13-16)8-6-11-22-14(18)15-7-5-12-23(19-2,20-3)21-4;1-14-18(15-2,16-3)9-5-7-12-10(13)17-8-4-6-11;1-6-3-2-5-4-6;/h9-10,13H,5-8,11-12H2,1-4H3;4-9H2,1-3H3,(H,12,13);2-4H,1H3;1H. The van der Waals surface area contributed by atoms with Crippen LogP contribution in [0.25, 0.3) is 0 Å². The molecule has 0 aliphatic rings. The second kappa shape index (κ2) is 29.6. The molecule has 20 heteroatoms. The number of carbonyl (C=O) groups is 2. The van der Waals surface area contributed by atoms with Gasteiger partial charge >= 0.3 is 29.8 Å². The molecule has 2 amide bonds. The minimum Gasteiger partial charge on any atom is -1.00 e. The van der Waals surface area contributed by atoms with Gasteiger partial charge in [-0.2, -0.15) is 0 Å². The van der Waals surface area contributed by atoms with E-state index in [9.17, 15) is 9.59 Å². The summed E-state index contributed by atoms with van der Waals surface area (Å²) in [5.74, 6) is 0.483. The highest BCUT2D eigenvalue weighted by molar-refractivity contribution is 6.60. The van der Waals surface area contributed by atoms with Crippen LogP contribution in [0.3, 0.4) is 0 Å². The number of nitrogens with one attached hydrogen (secondary N) is 2. The third-order valence-corrected chi connectivity index (χ3v) is 12.4. The number of nitrogens with zero attached hydrogens (tertiary/aromatic N) is 4. The Balaban J connectivity index is 0. The lowest BCUT2D eigenvalue weighted by atomic mass is 10.4. The highest BCUT2D eigenvalue weighted by Crippen LogP contribution is 2.15. The summed E-state index contributed by atoms with van der Waals surface area (Å²) in [7, 11) is 8.23. The van der Waals surface area contributed by atoms with Gasteiger partial charge < -0.3 is 63.6 Å². The van der Waals surface area contributed by atoms with Crippen molar-refractivity contribution in [3.8, 4) is 0 Å².